The summed E-state index contributed by atoms with van der Waals surface area (Å²) in [6.07, 6.45) is 5.75. The van der Waals surface area contributed by atoms with Crippen molar-refractivity contribution < 1.29 is 19.1 Å². The zero-order valence-corrected chi connectivity index (χ0v) is 18.6. The molecule has 4 fully saturated rings. The molecule has 33 heavy (non-hydrogen) atoms. The van der Waals surface area contributed by atoms with E-state index in [4.69, 9.17) is 11.3 Å². The Balaban J connectivity index is 1.30. The summed E-state index contributed by atoms with van der Waals surface area (Å²) in [7, 11) is 1.78. The van der Waals surface area contributed by atoms with E-state index in [1.54, 1.807) is 17.8 Å². The van der Waals surface area contributed by atoms with Crippen LogP contribution < -0.4 is 15.4 Å². The van der Waals surface area contributed by atoms with Crippen molar-refractivity contribution >= 4 is 28.6 Å². The van der Waals surface area contributed by atoms with Crippen LogP contribution in [0.5, 0.6) is 5.75 Å². The second kappa shape index (κ2) is 7.87. The molecule has 172 valence electrons. The first kappa shape index (κ1) is 21.4. The Morgan fingerprint density at radius 1 is 1.27 bits per heavy atom. The minimum atomic E-state index is -0.496. The minimum Gasteiger partial charge on any atom is -0.482 e. The Morgan fingerprint density at radius 3 is 2.67 bits per heavy atom. The molecule has 1 aromatic carbocycles. The molecule has 1 unspecified atom stereocenters. The molecule has 1 saturated heterocycles. The summed E-state index contributed by atoms with van der Waals surface area (Å²) in [6, 6.07) is 5.48. The lowest BCUT2D eigenvalue weighted by Gasteiger charge is -2.47. The van der Waals surface area contributed by atoms with Gasteiger partial charge in [-0.05, 0) is 31.7 Å². The number of hydrogen-bond acceptors (Lipinski definition) is 5. The van der Waals surface area contributed by atoms with E-state index < -0.39 is 5.92 Å². The average Bonchev–Trinajstić information content (AvgIpc) is 3.15. The summed E-state index contributed by atoms with van der Waals surface area (Å²) >= 11 is 0. The van der Waals surface area contributed by atoms with E-state index in [9.17, 15) is 14.4 Å². The summed E-state index contributed by atoms with van der Waals surface area (Å²) in [6.45, 7) is 7.36. The first-order valence-electron chi connectivity index (χ1n) is 11.5. The van der Waals surface area contributed by atoms with Gasteiger partial charge < -0.3 is 14.9 Å². The number of ether oxygens (including phenoxy) is 1. The molecule has 1 aromatic heterocycles. The summed E-state index contributed by atoms with van der Waals surface area (Å²) in [5.41, 5.74) is 0.891. The number of nitrogens with zero attached hydrogens (tertiary/aromatic N) is 3. The number of benzene rings is 1. The first-order valence-corrected chi connectivity index (χ1v) is 11.5. The van der Waals surface area contributed by atoms with Gasteiger partial charge in [0, 0.05) is 43.7 Å². The molecule has 4 aliphatic rings. The third-order valence-corrected chi connectivity index (χ3v) is 7.63. The summed E-state index contributed by atoms with van der Waals surface area (Å²) in [5.74, 6) is -0.742. The lowest BCUT2D eigenvalue weighted by molar-refractivity contribution is -0.134. The third kappa shape index (κ3) is 3.73. The fourth-order valence-corrected chi connectivity index (χ4v) is 5.65. The Morgan fingerprint density at radius 2 is 2.00 bits per heavy atom. The zero-order valence-electron chi connectivity index (χ0n) is 18.6. The van der Waals surface area contributed by atoms with Crippen LogP contribution in [0.1, 0.15) is 63.0 Å². The number of nitrogens with one attached hydrogen (secondary N) is 2. The largest absolute Gasteiger partial charge is 0.482 e. The van der Waals surface area contributed by atoms with Crippen LogP contribution in [-0.2, 0) is 21.4 Å². The van der Waals surface area contributed by atoms with E-state index >= 15 is 0 Å². The maximum Gasteiger partial charge on any atom is 0.258 e. The highest BCUT2D eigenvalue weighted by Crippen LogP contribution is 2.49. The average molecular weight is 450 g/mol. The van der Waals surface area contributed by atoms with Gasteiger partial charge in [0.15, 0.2) is 6.61 Å². The van der Waals surface area contributed by atoms with Gasteiger partial charge in [0.25, 0.3) is 5.91 Å². The number of rotatable bonds is 5. The second-order valence-electron chi connectivity index (χ2n) is 9.62. The van der Waals surface area contributed by atoms with E-state index in [1.807, 2.05) is 12.1 Å². The standard InChI is InChI=1S/C24H27N5O4/c1-25-23-8-11-24(12-9-23,13-10-23)27-19(31)14-33-17-5-3-4-15-20(28-29(2)21(15)17)16-6-7-18(30)26-22(16)32/h3-5,16H,6-14H2,2H3,(H,27,31)(H,26,30,32). The highest BCUT2D eigenvalue weighted by Gasteiger charge is 2.53. The molecule has 2 aromatic rings. The number of amides is 3. The highest BCUT2D eigenvalue weighted by molar-refractivity contribution is 6.03. The number of hydrogen-bond donors (Lipinski definition) is 2. The monoisotopic (exact) mass is 449 g/mol. The number of para-hydroxylation sites is 1. The quantitative estimate of drug-likeness (QED) is 0.538. The zero-order chi connectivity index (χ0) is 23.2. The number of fused-ring (bicyclic) bond motifs is 4. The minimum absolute atomic E-state index is 0.117. The Kier molecular flexibility index (Phi) is 5.11. The van der Waals surface area contributed by atoms with E-state index in [2.05, 4.69) is 20.6 Å². The van der Waals surface area contributed by atoms with Gasteiger partial charge in [-0.3, -0.25) is 24.4 Å². The molecule has 2 N–H and O–H groups in total. The Hall–Kier alpha value is -3.41. The molecule has 2 bridgehead atoms. The maximum atomic E-state index is 12.8. The highest BCUT2D eigenvalue weighted by atomic mass is 16.5. The molecule has 0 radical (unpaired) electrons. The molecule has 9 heteroatoms. The molecule has 3 amide bonds. The smallest absolute Gasteiger partial charge is 0.258 e. The van der Waals surface area contributed by atoms with Crippen LogP contribution in [0.2, 0.25) is 0 Å². The molecular formula is C24H27N5O4. The molecule has 6 rings (SSSR count). The van der Waals surface area contributed by atoms with Crippen molar-refractivity contribution in [3.05, 3.63) is 35.3 Å². The van der Waals surface area contributed by atoms with E-state index in [0.29, 0.717) is 23.4 Å². The summed E-state index contributed by atoms with van der Waals surface area (Å²) < 4.78 is 7.57. The molecular weight excluding hydrogens is 422 g/mol. The molecule has 3 saturated carbocycles. The van der Waals surface area contributed by atoms with Crippen molar-refractivity contribution in [1.29, 1.82) is 0 Å². The van der Waals surface area contributed by atoms with Crippen molar-refractivity contribution in [2.45, 2.75) is 68.4 Å². The van der Waals surface area contributed by atoms with Gasteiger partial charge in [0.2, 0.25) is 17.4 Å². The second-order valence-corrected chi connectivity index (χ2v) is 9.62. The first-order chi connectivity index (χ1) is 15.8. The number of carbonyl (C=O) groups excluding carboxylic acids is 3. The third-order valence-electron chi connectivity index (χ3n) is 7.63. The fourth-order valence-electron chi connectivity index (χ4n) is 5.65. The van der Waals surface area contributed by atoms with Gasteiger partial charge in [-0.15, -0.1) is 0 Å². The predicted octanol–water partition coefficient (Wildman–Crippen LogP) is 2.35. The predicted molar refractivity (Wildman–Crippen MR) is 119 cm³/mol. The Labute approximate surface area is 191 Å². The van der Waals surface area contributed by atoms with Gasteiger partial charge in [-0.1, -0.05) is 12.1 Å². The summed E-state index contributed by atoms with van der Waals surface area (Å²) in [4.78, 5) is 40.5. The number of carbonyl (C=O) groups is 3. The number of aromatic nitrogens is 2. The normalized spacial score (nSPS) is 28.9. The molecule has 2 heterocycles. The van der Waals surface area contributed by atoms with Gasteiger partial charge >= 0.3 is 0 Å². The SMILES string of the molecule is [C-]#[N+]C12CCC(NC(=O)COc3cccc4c(C5CCC(=O)NC5=O)nn(C)c34)(CC1)CC2. The van der Waals surface area contributed by atoms with Crippen molar-refractivity contribution in [2.75, 3.05) is 6.61 Å². The number of piperidine rings is 1. The molecule has 3 aliphatic carbocycles. The van der Waals surface area contributed by atoms with E-state index in [-0.39, 0.29) is 41.8 Å². The van der Waals surface area contributed by atoms with Crippen molar-refractivity contribution in [1.82, 2.24) is 20.4 Å². The van der Waals surface area contributed by atoms with Gasteiger partial charge in [-0.25, -0.2) is 6.57 Å². The van der Waals surface area contributed by atoms with Crippen molar-refractivity contribution in [2.24, 2.45) is 7.05 Å². The van der Waals surface area contributed by atoms with Crippen molar-refractivity contribution in [3.63, 3.8) is 0 Å². The lowest BCUT2D eigenvalue weighted by atomic mass is 9.62. The van der Waals surface area contributed by atoms with E-state index in [1.165, 1.54) is 0 Å². The van der Waals surface area contributed by atoms with E-state index in [0.717, 1.165) is 43.9 Å². The lowest BCUT2D eigenvalue weighted by Crippen LogP contribution is -2.58. The number of imide groups is 1. The molecule has 0 spiro atoms. The van der Waals surface area contributed by atoms with Crippen molar-refractivity contribution in [3.8, 4) is 5.75 Å². The number of aryl methyl sites for hydroxylation is 1. The van der Waals surface area contributed by atoms with Crippen LogP contribution in [0.25, 0.3) is 15.7 Å². The topological polar surface area (TPSA) is 107 Å². The van der Waals surface area contributed by atoms with Gasteiger partial charge in [-0.2, -0.15) is 5.10 Å². The summed E-state index contributed by atoms with van der Waals surface area (Å²) in [5, 5.41) is 10.9. The fraction of sp³-hybridized carbons (Fsp3) is 0.542. The van der Waals surface area contributed by atoms with Crippen LogP contribution in [0, 0.1) is 6.57 Å². The van der Waals surface area contributed by atoms with Crippen LogP contribution >= 0.6 is 0 Å². The molecule has 9 nitrogen and oxygen atoms in total. The van der Waals surface area contributed by atoms with Crippen LogP contribution in [0.4, 0.5) is 0 Å². The van der Waals surface area contributed by atoms with Crippen LogP contribution in [0.3, 0.4) is 0 Å². The molecule has 1 atom stereocenters. The molecule has 1 aliphatic heterocycles. The van der Waals surface area contributed by atoms with Gasteiger partial charge in [0.1, 0.15) is 11.3 Å². The van der Waals surface area contributed by atoms with Gasteiger partial charge in [0.05, 0.1) is 11.6 Å². The van der Waals surface area contributed by atoms with Crippen LogP contribution in [0.15, 0.2) is 18.2 Å². The van der Waals surface area contributed by atoms with Crippen LogP contribution in [-0.4, -0.2) is 45.2 Å². The maximum absolute atomic E-state index is 12.8. The Bertz CT molecular complexity index is 1170.